The molecule has 0 bridgehead atoms. The number of thiocarbonyl (C=S) groups is 1. The van der Waals surface area contributed by atoms with Crippen LogP contribution in [0.3, 0.4) is 0 Å². The highest BCUT2D eigenvalue weighted by atomic mass is 32.1. The van der Waals surface area contributed by atoms with Gasteiger partial charge in [0.05, 0.1) is 13.7 Å². The number of methoxy groups -OCH3 is 1. The minimum Gasteiger partial charge on any atom is -0.497 e. The molecule has 27 heavy (non-hydrogen) atoms. The second-order valence-corrected chi connectivity index (χ2v) is 6.03. The number of nitrogens with one attached hydrogen (secondary N) is 2. The van der Waals surface area contributed by atoms with Crippen LogP contribution in [0.1, 0.15) is 5.89 Å². The van der Waals surface area contributed by atoms with Crippen molar-refractivity contribution in [1.29, 1.82) is 0 Å². The topological polar surface area (TPSA) is 90.7 Å². The van der Waals surface area contributed by atoms with Gasteiger partial charge in [-0.2, -0.15) is 4.98 Å². The summed E-state index contributed by atoms with van der Waals surface area (Å²) in [6, 6.07) is 13.0. The van der Waals surface area contributed by atoms with Gasteiger partial charge in [-0.1, -0.05) is 17.3 Å². The summed E-state index contributed by atoms with van der Waals surface area (Å²) in [6.07, 6.45) is 0. The molecule has 0 amide bonds. The molecule has 2 heterocycles. The third-order valence-corrected chi connectivity index (χ3v) is 4.07. The first-order valence-electron chi connectivity index (χ1n) is 8.13. The second kappa shape index (κ2) is 7.50. The second-order valence-electron chi connectivity index (χ2n) is 5.62. The SMILES string of the molecule is COc1cccc(-c2noc(CNC(=S)Nc3ccc4c(c3)OCO4)n2)c1. The zero-order chi connectivity index (χ0) is 18.6. The minimum atomic E-state index is 0.230. The Morgan fingerprint density at radius 1 is 1.19 bits per heavy atom. The Bertz CT molecular complexity index is 976. The van der Waals surface area contributed by atoms with E-state index in [0.29, 0.717) is 29.1 Å². The average Bonchev–Trinajstić information content (AvgIpc) is 3.35. The van der Waals surface area contributed by atoms with Crippen LogP contribution in [0.4, 0.5) is 5.69 Å². The van der Waals surface area contributed by atoms with Crippen molar-refractivity contribution < 1.29 is 18.7 Å². The van der Waals surface area contributed by atoms with Gasteiger partial charge >= 0.3 is 0 Å². The summed E-state index contributed by atoms with van der Waals surface area (Å²) >= 11 is 5.30. The largest absolute Gasteiger partial charge is 0.497 e. The summed E-state index contributed by atoms with van der Waals surface area (Å²) in [5, 5.41) is 10.5. The number of benzene rings is 2. The molecule has 0 fully saturated rings. The van der Waals surface area contributed by atoms with Crippen molar-refractivity contribution in [2.45, 2.75) is 6.54 Å². The Morgan fingerprint density at radius 2 is 2.07 bits per heavy atom. The molecule has 8 nitrogen and oxygen atoms in total. The lowest BCUT2D eigenvalue weighted by Crippen LogP contribution is -2.27. The normalized spacial score (nSPS) is 11.9. The van der Waals surface area contributed by atoms with Crippen LogP contribution in [0, 0.1) is 0 Å². The summed E-state index contributed by atoms with van der Waals surface area (Å²) in [6.45, 7) is 0.529. The highest BCUT2D eigenvalue weighted by Crippen LogP contribution is 2.34. The lowest BCUT2D eigenvalue weighted by molar-refractivity contribution is 0.174. The highest BCUT2D eigenvalue weighted by Gasteiger charge is 2.14. The van der Waals surface area contributed by atoms with Crippen molar-refractivity contribution in [3.05, 3.63) is 48.4 Å². The smallest absolute Gasteiger partial charge is 0.246 e. The molecule has 0 radical (unpaired) electrons. The summed E-state index contributed by atoms with van der Waals surface area (Å²) in [5.41, 5.74) is 1.60. The Hall–Kier alpha value is -3.33. The maximum absolute atomic E-state index is 5.34. The summed E-state index contributed by atoms with van der Waals surface area (Å²) in [4.78, 5) is 4.36. The quantitative estimate of drug-likeness (QED) is 0.644. The van der Waals surface area contributed by atoms with E-state index in [4.69, 9.17) is 31.0 Å². The number of nitrogens with zero attached hydrogens (tertiary/aromatic N) is 2. The Morgan fingerprint density at radius 3 is 2.96 bits per heavy atom. The van der Waals surface area contributed by atoms with E-state index in [-0.39, 0.29) is 6.79 Å². The molecule has 1 aliphatic rings. The molecule has 9 heteroatoms. The van der Waals surface area contributed by atoms with Crippen LogP contribution < -0.4 is 24.8 Å². The van der Waals surface area contributed by atoms with Gasteiger partial charge in [-0.05, 0) is 36.5 Å². The van der Waals surface area contributed by atoms with Crippen molar-refractivity contribution in [2.24, 2.45) is 0 Å². The molecular formula is C18H16N4O4S. The number of aromatic nitrogens is 2. The molecule has 138 valence electrons. The number of hydrogen-bond acceptors (Lipinski definition) is 7. The molecule has 0 saturated heterocycles. The minimum absolute atomic E-state index is 0.230. The molecule has 0 saturated carbocycles. The van der Waals surface area contributed by atoms with E-state index >= 15 is 0 Å². The van der Waals surface area contributed by atoms with Gasteiger partial charge < -0.3 is 29.4 Å². The monoisotopic (exact) mass is 384 g/mol. The van der Waals surface area contributed by atoms with Crippen LogP contribution in [0.15, 0.2) is 47.0 Å². The number of hydrogen-bond donors (Lipinski definition) is 2. The van der Waals surface area contributed by atoms with Gasteiger partial charge in [-0.25, -0.2) is 0 Å². The summed E-state index contributed by atoms with van der Waals surface area (Å²) < 4.78 is 21.1. The molecule has 0 unspecified atom stereocenters. The third kappa shape index (κ3) is 3.93. The van der Waals surface area contributed by atoms with E-state index in [0.717, 1.165) is 22.7 Å². The lowest BCUT2D eigenvalue weighted by Gasteiger charge is -2.09. The van der Waals surface area contributed by atoms with Crippen LogP contribution in [0.5, 0.6) is 17.2 Å². The molecular weight excluding hydrogens is 368 g/mol. The molecule has 2 aromatic carbocycles. The highest BCUT2D eigenvalue weighted by molar-refractivity contribution is 7.80. The van der Waals surface area contributed by atoms with Crippen LogP contribution in [0.2, 0.25) is 0 Å². The van der Waals surface area contributed by atoms with Crippen molar-refractivity contribution in [1.82, 2.24) is 15.5 Å². The van der Waals surface area contributed by atoms with E-state index < -0.39 is 0 Å². The van der Waals surface area contributed by atoms with Crippen molar-refractivity contribution in [3.8, 4) is 28.6 Å². The Labute approximate surface area is 160 Å². The lowest BCUT2D eigenvalue weighted by atomic mass is 10.2. The van der Waals surface area contributed by atoms with Gasteiger partial charge in [0.2, 0.25) is 18.5 Å². The molecule has 2 N–H and O–H groups in total. The van der Waals surface area contributed by atoms with Crippen LogP contribution in [0.25, 0.3) is 11.4 Å². The van der Waals surface area contributed by atoms with E-state index in [1.165, 1.54) is 0 Å². The standard InChI is InChI=1S/C18H16N4O4S/c1-23-13-4-2-3-11(7-13)17-21-16(26-22-17)9-19-18(27)20-12-5-6-14-15(8-12)25-10-24-14/h2-8H,9-10H2,1H3,(H2,19,20,27). The predicted molar refractivity (Wildman–Crippen MR) is 102 cm³/mol. The van der Waals surface area contributed by atoms with Crippen LogP contribution in [-0.2, 0) is 6.54 Å². The van der Waals surface area contributed by atoms with Crippen molar-refractivity contribution in [2.75, 3.05) is 19.2 Å². The van der Waals surface area contributed by atoms with Crippen molar-refractivity contribution in [3.63, 3.8) is 0 Å². The van der Waals surface area contributed by atoms with Gasteiger partial charge in [0.15, 0.2) is 16.6 Å². The number of anilines is 1. The number of rotatable bonds is 5. The Balaban J connectivity index is 1.35. The number of ether oxygens (including phenoxy) is 3. The van der Waals surface area contributed by atoms with Gasteiger partial charge in [0.25, 0.3) is 0 Å². The van der Waals surface area contributed by atoms with E-state index in [1.54, 1.807) is 7.11 Å². The van der Waals surface area contributed by atoms with E-state index in [2.05, 4.69) is 20.8 Å². The summed E-state index contributed by atoms with van der Waals surface area (Å²) in [5.74, 6) is 3.03. The Kier molecular flexibility index (Phi) is 4.75. The first-order chi connectivity index (χ1) is 13.2. The third-order valence-electron chi connectivity index (χ3n) is 3.83. The van der Waals surface area contributed by atoms with Crippen LogP contribution in [-0.4, -0.2) is 29.2 Å². The van der Waals surface area contributed by atoms with Crippen molar-refractivity contribution >= 4 is 23.0 Å². The zero-order valence-corrected chi connectivity index (χ0v) is 15.2. The maximum atomic E-state index is 5.34. The average molecular weight is 384 g/mol. The van der Waals surface area contributed by atoms with E-state index in [1.807, 2.05) is 42.5 Å². The molecule has 0 atom stereocenters. The van der Waals surface area contributed by atoms with Gasteiger partial charge in [0, 0.05) is 17.3 Å². The van der Waals surface area contributed by atoms with Gasteiger partial charge in [0.1, 0.15) is 5.75 Å². The van der Waals surface area contributed by atoms with E-state index in [9.17, 15) is 0 Å². The zero-order valence-electron chi connectivity index (χ0n) is 14.4. The summed E-state index contributed by atoms with van der Waals surface area (Å²) in [7, 11) is 1.61. The van der Waals surface area contributed by atoms with Gasteiger partial charge in [-0.15, -0.1) is 0 Å². The molecule has 3 aromatic rings. The fraction of sp³-hybridized carbons (Fsp3) is 0.167. The van der Waals surface area contributed by atoms with Gasteiger partial charge in [-0.3, -0.25) is 0 Å². The molecule has 0 aliphatic carbocycles. The number of fused-ring (bicyclic) bond motifs is 1. The molecule has 1 aromatic heterocycles. The fourth-order valence-electron chi connectivity index (χ4n) is 2.51. The molecule has 4 rings (SSSR count). The molecule has 1 aliphatic heterocycles. The first-order valence-corrected chi connectivity index (χ1v) is 8.53. The first kappa shape index (κ1) is 17.1. The maximum Gasteiger partial charge on any atom is 0.246 e. The molecule has 0 spiro atoms. The fourth-order valence-corrected chi connectivity index (χ4v) is 2.70. The predicted octanol–water partition coefficient (Wildman–Crippen LogP) is 2.96. The van der Waals surface area contributed by atoms with Crippen LogP contribution >= 0.6 is 12.2 Å².